The summed E-state index contributed by atoms with van der Waals surface area (Å²) >= 11 is 0. The van der Waals surface area contributed by atoms with Crippen LogP contribution in [0.2, 0.25) is 0 Å². The van der Waals surface area contributed by atoms with Crippen LogP contribution >= 0.6 is 0 Å². The Morgan fingerprint density at radius 1 is 1.24 bits per heavy atom. The van der Waals surface area contributed by atoms with E-state index >= 15 is 0 Å². The molecular formula is C14H27N5O2. The van der Waals surface area contributed by atoms with Gasteiger partial charge in [0.15, 0.2) is 0 Å². The van der Waals surface area contributed by atoms with Gasteiger partial charge in [-0.15, -0.1) is 5.10 Å². The second kappa shape index (κ2) is 8.61. The molecule has 2 unspecified atom stereocenters. The molecule has 1 aromatic heterocycles. The molecule has 0 saturated carbocycles. The van der Waals surface area contributed by atoms with E-state index in [0.29, 0.717) is 19.0 Å². The Kier molecular flexibility index (Phi) is 7.14. The number of hydrogen-bond donors (Lipinski definition) is 2. The molecule has 7 nitrogen and oxygen atoms in total. The Bertz CT molecular complexity index is 431. The molecule has 120 valence electrons. The summed E-state index contributed by atoms with van der Waals surface area (Å²) in [6, 6.07) is -0.109. The topological polar surface area (TPSA) is 83.3 Å². The van der Waals surface area contributed by atoms with Gasteiger partial charge in [-0.2, -0.15) is 0 Å². The molecule has 1 rings (SSSR count). The standard InChI is InChI=1S/C14H27N5O2/c1-6-9-15-10(4)12-17-18-14(21-12)16-11(5)13(20)19(7-2)8-3/h10-11,15H,6-9H2,1-5H3,(H,16,18). The van der Waals surface area contributed by atoms with E-state index in [9.17, 15) is 4.79 Å². The van der Waals surface area contributed by atoms with Gasteiger partial charge in [-0.05, 0) is 40.7 Å². The fourth-order valence-corrected chi connectivity index (χ4v) is 1.97. The zero-order valence-corrected chi connectivity index (χ0v) is 13.6. The highest BCUT2D eigenvalue weighted by molar-refractivity contribution is 5.83. The Hall–Kier alpha value is -1.63. The van der Waals surface area contributed by atoms with E-state index in [2.05, 4.69) is 27.8 Å². The van der Waals surface area contributed by atoms with Crippen molar-refractivity contribution in [2.24, 2.45) is 0 Å². The summed E-state index contributed by atoms with van der Waals surface area (Å²) in [5.74, 6) is 0.547. The second-order valence-electron chi connectivity index (χ2n) is 5.00. The lowest BCUT2D eigenvalue weighted by Crippen LogP contribution is -2.41. The Labute approximate surface area is 126 Å². The third-order valence-electron chi connectivity index (χ3n) is 3.30. The van der Waals surface area contributed by atoms with Crippen molar-refractivity contribution in [2.45, 2.75) is 53.1 Å². The first-order valence-corrected chi connectivity index (χ1v) is 7.65. The van der Waals surface area contributed by atoms with Gasteiger partial charge >= 0.3 is 6.01 Å². The van der Waals surface area contributed by atoms with Crippen LogP contribution in [-0.2, 0) is 4.79 Å². The zero-order valence-electron chi connectivity index (χ0n) is 13.6. The third kappa shape index (κ3) is 5.00. The van der Waals surface area contributed by atoms with Crippen molar-refractivity contribution >= 4 is 11.9 Å². The fraction of sp³-hybridized carbons (Fsp3) is 0.786. The molecule has 1 amide bonds. The fourth-order valence-electron chi connectivity index (χ4n) is 1.97. The van der Waals surface area contributed by atoms with E-state index in [4.69, 9.17) is 4.42 Å². The molecule has 0 saturated heterocycles. The molecule has 21 heavy (non-hydrogen) atoms. The molecule has 0 spiro atoms. The minimum atomic E-state index is -0.392. The Balaban J connectivity index is 2.59. The monoisotopic (exact) mass is 297 g/mol. The smallest absolute Gasteiger partial charge is 0.316 e. The molecule has 0 aliphatic carbocycles. The van der Waals surface area contributed by atoms with Gasteiger partial charge in [0.1, 0.15) is 6.04 Å². The highest BCUT2D eigenvalue weighted by atomic mass is 16.4. The molecule has 2 N–H and O–H groups in total. The van der Waals surface area contributed by atoms with Gasteiger partial charge in [0.05, 0.1) is 6.04 Å². The maximum atomic E-state index is 12.2. The summed E-state index contributed by atoms with van der Waals surface area (Å²) in [4.78, 5) is 13.9. The third-order valence-corrected chi connectivity index (χ3v) is 3.30. The SMILES string of the molecule is CCCNC(C)c1nnc(NC(C)C(=O)N(CC)CC)o1. The Morgan fingerprint density at radius 3 is 2.48 bits per heavy atom. The van der Waals surface area contributed by atoms with Crippen LogP contribution in [0.3, 0.4) is 0 Å². The van der Waals surface area contributed by atoms with Crippen LogP contribution in [0.4, 0.5) is 6.01 Å². The summed E-state index contributed by atoms with van der Waals surface area (Å²) in [7, 11) is 0. The number of likely N-dealkylation sites (N-methyl/N-ethyl adjacent to an activating group) is 1. The number of amides is 1. The minimum Gasteiger partial charge on any atom is -0.406 e. The molecule has 0 radical (unpaired) electrons. The highest BCUT2D eigenvalue weighted by Gasteiger charge is 2.21. The molecule has 1 heterocycles. The number of aromatic nitrogens is 2. The van der Waals surface area contributed by atoms with Crippen molar-refractivity contribution in [1.29, 1.82) is 0 Å². The van der Waals surface area contributed by atoms with Gasteiger partial charge in [0.25, 0.3) is 0 Å². The normalized spacial score (nSPS) is 13.8. The summed E-state index contributed by atoms with van der Waals surface area (Å²) in [5.41, 5.74) is 0. The average molecular weight is 297 g/mol. The molecule has 0 aromatic carbocycles. The Morgan fingerprint density at radius 2 is 1.90 bits per heavy atom. The summed E-state index contributed by atoms with van der Waals surface area (Å²) in [6.07, 6.45) is 1.04. The lowest BCUT2D eigenvalue weighted by Gasteiger charge is -2.22. The molecule has 0 bridgehead atoms. The molecular weight excluding hydrogens is 270 g/mol. The second-order valence-corrected chi connectivity index (χ2v) is 5.00. The molecule has 7 heteroatoms. The van der Waals surface area contributed by atoms with Gasteiger partial charge in [-0.1, -0.05) is 12.0 Å². The van der Waals surface area contributed by atoms with E-state index in [1.165, 1.54) is 0 Å². The average Bonchev–Trinajstić information content (AvgIpc) is 2.94. The first-order chi connectivity index (χ1) is 10.0. The van der Waals surface area contributed by atoms with E-state index < -0.39 is 6.04 Å². The van der Waals surface area contributed by atoms with E-state index in [1.54, 1.807) is 11.8 Å². The molecule has 1 aromatic rings. The lowest BCUT2D eigenvalue weighted by atomic mass is 10.3. The van der Waals surface area contributed by atoms with Crippen molar-refractivity contribution in [2.75, 3.05) is 25.0 Å². The summed E-state index contributed by atoms with van der Waals surface area (Å²) in [5, 5.41) is 14.2. The van der Waals surface area contributed by atoms with E-state index in [-0.39, 0.29) is 18.0 Å². The van der Waals surface area contributed by atoms with Gasteiger partial charge in [0.2, 0.25) is 11.8 Å². The number of rotatable bonds is 9. The van der Waals surface area contributed by atoms with Gasteiger partial charge < -0.3 is 20.0 Å². The van der Waals surface area contributed by atoms with E-state index in [1.807, 2.05) is 20.8 Å². The van der Waals surface area contributed by atoms with Crippen LogP contribution in [0.15, 0.2) is 4.42 Å². The maximum Gasteiger partial charge on any atom is 0.316 e. The number of nitrogens with one attached hydrogen (secondary N) is 2. The lowest BCUT2D eigenvalue weighted by molar-refractivity contribution is -0.131. The van der Waals surface area contributed by atoms with Crippen LogP contribution in [0.5, 0.6) is 0 Å². The minimum absolute atomic E-state index is 0.00166. The van der Waals surface area contributed by atoms with Crippen molar-refractivity contribution in [1.82, 2.24) is 20.4 Å². The predicted molar refractivity (Wildman–Crippen MR) is 82.0 cm³/mol. The van der Waals surface area contributed by atoms with Crippen LogP contribution in [0.1, 0.15) is 53.0 Å². The molecule has 0 fully saturated rings. The summed E-state index contributed by atoms with van der Waals surface area (Å²) in [6.45, 7) is 12.0. The number of nitrogens with zero attached hydrogens (tertiary/aromatic N) is 3. The highest BCUT2D eigenvalue weighted by Crippen LogP contribution is 2.14. The molecule has 0 aliphatic rings. The van der Waals surface area contributed by atoms with Crippen molar-refractivity contribution in [3.63, 3.8) is 0 Å². The van der Waals surface area contributed by atoms with Crippen LogP contribution in [0.25, 0.3) is 0 Å². The first-order valence-electron chi connectivity index (χ1n) is 7.65. The number of carbonyl (C=O) groups excluding carboxylic acids is 1. The van der Waals surface area contributed by atoms with Crippen LogP contribution in [-0.4, -0.2) is 46.7 Å². The number of anilines is 1. The van der Waals surface area contributed by atoms with Crippen molar-refractivity contribution < 1.29 is 9.21 Å². The number of hydrogen-bond acceptors (Lipinski definition) is 6. The predicted octanol–water partition coefficient (Wildman–Crippen LogP) is 1.80. The summed E-state index contributed by atoms with van der Waals surface area (Å²) < 4.78 is 5.54. The van der Waals surface area contributed by atoms with Gasteiger partial charge in [-0.25, -0.2) is 0 Å². The van der Waals surface area contributed by atoms with Gasteiger partial charge in [0, 0.05) is 13.1 Å². The van der Waals surface area contributed by atoms with Gasteiger partial charge in [-0.3, -0.25) is 4.79 Å². The zero-order chi connectivity index (χ0) is 15.8. The largest absolute Gasteiger partial charge is 0.406 e. The van der Waals surface area contributed by atoms with Crippen molar-refractivity contribution in [3.8, 4) is 0 Å². The molecule has 2 atom stereocenters. The quantitative estimate of drug-likeness (QED) is 0.723. The van der Waals surface area contributed by atoms with Crippen LogP contribution < -0.4 is 10.6 Å². The molecule has 0 aliphatic heterocycles. The number of carbonyl (C=O) groups is 1. The van der Waals surface area contributed by atoms with E-state index in [0.717, 1.165) is 13.0 Å². The first kappa shape index (κ1) is 17.4. The van der Waals surface area contributed by atoms with Crippen LogP contribution in [0, 0.1) is 0 Å². The maximum absolute atomic E-state index is 12.2. The van der Waals surface area contributed by atoms with Crippen molar-refractivity contribution in [3.05, 3.63) is 5.89 Å².